The zero-order valence-corrected chi connectivity index (χ0v) is 47.3. The third-order valence-corrected chi connectivity index (χ3v) is 21.9. The van der Waals surface area contributed by atoms with Gasteiger partial charge in [-0.15, -0.1) is 0 Å². The number of benzene rings is 3. The predicted molar refractivity (Wildman–Crippen MR) is 291 cm³/mol. The van der Waals surface area contributed by atoms with Crippen molar-refractivity contribution < 1.29 is 40.7 Å². The molecule has 10 atom stereocenters. The van der Waals surface area contributed by atoms with E-state index in [1.807, 2.05) is 23.1 Å². The van der Waals surface area contributed by atoms with Crippen LogP contribution in [0.2, 0.25) is 0 Å². The molecule has 11 heteroatoms. The van der Waals surface area contributed by atoms with Gasteiger partial charge in [0.15, 0.2) is 0 Å². The SMILES string of the molecule is CCN(CC)c1ccc2c(-c3ccccc3C(=O)N3CCN(C(=O)[C@]45CC[C@@H](C(C)=O)[C@@H]4[C@H]4CC[C@@H]6[C@@]7(C)CC[C@H](OC(C)=O)C(C)(C)[C@@H]7CC[C@@]6(C)[C@]4(C)CC5)CC3)c3ccc(=[N+](CC)CC)cc-3oc2c1.[Cl-]. The molecule has 2 heterocycles. The van der Waals surface area contributed by atoms with Gasteiger partial charge >= 0.3 is 5.97 Å². The number of carbonyl (C=O) groups is 4. The second-order valence-electron chi connectivity index (χ2n) is 24.9. The van der Waals surface area contributed by atoms with Crippen LogP contribution in [-0.4, -0.2) is 91.8 Å². The minimum atomic E-state index is -0.565. The molecule has 0 unspecified atom stereocenters. The Morgan fingerprint density at radius 2 is 1.42 bits per heavy atom. The first-order chi connectivity index (χ1) is 34.8. The van der Waals surface area contributed by atoms with Crippen LogP contribution in [0.3, 0.4) is 0 Å². The van der Waals surface area contributed by atoms with Gasteiger partial charge in [-0.05, 0) is 169 Å². The number of ether oxygens (including phenoxy) is 1. The first-order valence-corrected chi connectivity index (χ1v) is 28.5. The summed E-state index contributed by atoms with van der Waals surface area (Å²) in [6.45, 7) is 29.8. The van der Waals surface area contributed by atoms with E-state index in [4.69, 9.17) is 9.15 Å². The lowest BCUT2D eigenvalue weighted by molar-refractivity contribution is -0.249. The van der Waals surface area contributed by atoms with E-state index >= 15 is 9.59 Å². The van der Waals surface area contributed by atoms with E-state index in [1.165, 1.54) is 0 Å². The summed E-state index contributed by atoms with van der Waals surface area (Å²) in [6.07, 6.45) is 9.67. The Labute approximate surface area is 447 Å². The van der Waals surface area contributed by atoms with Crippen molar-refractivity contribution in [1.29, 1.82) is 0 Å². The van der Waals surface area contributed by atoms with Gasteiger partial charge < -0.3 is 36.3 Å². The second kappa shape index (κ2) is 20.0. The average Bonchev–Trinajstić information content (AvgIpc) is 3.78. The van der Waals surface area contributed by atoms with Crippen LogP contribution in [0.4, 0.5) is 5.69 Å². The van der Waals surface area contributed by atoms with E-state index in [9.17, 15) is 9.59 Å². The molecular weight excluding hydrogens is 944 g/mol. The number of rotatable bonds is 10. The number of esters is 1. The molecule has 0 aromatic heterocycles. The van der Waals surface area contributed by atoms with Crippen LogP contribution in [0.25, 0.3) is 33.4 Å². The Balaban J connectivity index is 0.00000672. The normalized spacial score (nSPS) is 32.1. The number of nitrogens with zero attached hydrogens (tertiary/aromatic N) is 4. The van der Waals surface area contributed by atoms with Crippen LogP contribution < -0.4 is 27.2 Å². The maximum Gasteiger partial charge on any atom is 0.302 e. The summed E-state index contributed by atoms with van der Waals surface area (Å²) in [6, 6.07) is 21.0. The quantitative estimate of drug-likeness (QED) is 0.0890. The average molecular weight is 1030 g/mol. The summed E-state index contributed by atoms with van der Waals surface area (Å²) in [7, 11) is 0. The van der Waals surface area contributed by atoms with Crippen molar-refractivity contribution in [2.24, 2.45) is 56.7 Å². The highest BCUT2D eigenvalue weighted by atomic mass is 35.5. The number of ketones is 1. The standard InChI is InChI=1S/C63H85N4O6.ClH/c1-12-64(13-2)42-20-22-47-50(38-42)73-51-39-43(65(14-3)15-4)21-23-48(51)55(47)45-18-16-17-19-46(45)57(70)66-34-36-67(37-35-66)58(71)63-31-26-44(40(5)68)56(63)49-24-25-53-60(9)29-28-54(72-41(6)69)59(7,8)52(60)27-30-62(53,11)61(49,10)32-33-63;/h16-23,38-39,44,49,52-54,56H,12-15,24-37H2,1-11H3;1H/q+1;/p-1/t44-,49+,52-,53+,54-,56+,60-,61+,62+,63-;/m0./s1. The number of amides is 2. The molecule has 6 aliphatic carbocycles. The van der Waals surface area contributed by atoms with Crippen LogP contribution in [-0.2, 0) is 19.1 Å². The van der Waals surface area contributed by atoms with Gasteiger partial charge in [-0.25, -0.2) is 4.58 Å². The third kappa shape index (κ3) is 8.26. The van der Waals surface area contributed by atoms with E-state index in [2.05, 4.69) is 119 Å². The Hall–Kier alpha value is -4.70. The van der Waals surface area contributed by atoms with Gasteiger partial charge in [-0.1, -0.05) is 52.8 Å². The van der Waals surface area contributed by atoms with Crippen molar-refractivity contribution >= 4 is 40.2 Å². The van der Waals surface area contributed by atoms with Gasteiger partial charge in [-0.3, -0.25) is 19.2 Å². The highest BCUT2D eigenvalue weighted by Crippen LogP contribution is 2.77. The van der Waals surface area contributed by atoms with Gasteiger partial charge in [-0.2, -0.15) is 0 Å². The second-order valence-corrected chi connectivity index (χ2v) is 24.9. The van der Waals surface area contributed by atoms with Crippen molar-refractivity contribution in [2.75, 3.05) is 57.3 Å². The number of hydrogen-bond acceptors (Lipinski definition) is 7. The number of carbonyl (C=O) groups excluding carboxylic acids is 4. The first kappa shape index (κ1) is 54.1. The maximum atomic E-state index is 15.6. The maximum absolute atomic E-state index is 15.6. The number of piperazine rings is 1. The number of fused-ring (bicyclic) bond motifs is 9. The number of anilines is 1. The van der Waals surface area contributed by atoms with Gasteiger partial charge in [0.25, 0.3) is 5.91 Å². The molecule has 1 saturated heterocycles. The van der Waals surface area contributed by atoms with E-state index in [0.717, 1.165) is 135 Å². The molecule has 0 N–H and O–H groups in total. The van der Waals surface area contributed by atoms with Crippen molar-refractivity contribution in [1.82, 2.24) is 14.4 Å². The summed E-state index contributed by atoms with van der Waals surface area (Å²) in [5.74, 6) is 2.24. The molecule has 10 rings (SSSR count). The number of Topliss-reactive ketones (excluding diaryl/α,β-unsaturated/α-hetero) is 1. The Morgan fingerprint density at radius 3 is 2.09 bits per heavy atom. The highest BCUT2D eigenvalue weighted by molar-refractivity contribution is 6.09. The van der Waals surface area contributed by atoms with Crippen molar-refractivity contribution in [3.63, 3.8) is 0 Å². The minimum absolute atomic E-state index is 0. The highest BCUT2D eigenvalue weighted by Gasteiger charge is 2.72. The molecule has 8 aliphatic rings. The summed E-state index contributed by atoms with van der Waals surface area (Å²) >= 11 is 0. The lowest BCUT2D eigenvalue weighted by atomic mass is 9.32. The fourth-order valence-corrected chi connectivity index (χ4v) is 18.0. The molecule has 2 aromatic carbocycles. The molecule has 5 saturated carbocycles. The van der Waals surface area contributed by atoms with Crippen LogP contribution >= 0.6 is 0 Å². The van der Waals surface area contributed by atoms with Crippen LogP contribution in [0.5, 0.6) is 0 Å². The van der Waals surface area contributed by atoms with Crippen molar-refractivity contribution in [3.8, 4) is 22.5 Å². The molecule has 10 nitrogen and oxygen atoms in total. The Morgan fingerprint density at radius 1 is 0.716 bits per heavy atom. The van der Waals surface area contributed by atoms with Crippen LogP contribution in [0.15, 0.2) is 65.1 Å². The van der Waals surface area contributed by atoms with Gasteiger partial charge in [0.1, 0.15) is 36.3 Å². The topological polar surface area (TPSA) is 103 Å². The lowest BCUT2D eigenvalue weighted by Crippen LogP contribution is -3.00. The van der Waals surface area contributed by atoms with E-state index in [0.29, 0.717) is 49.5 Å². The van der Waals surface area contributed by atoms with Crippen LogP contribution in [0, 0.1) is 56.7 Å². The van der Waals surface area contributed by atoms with Crippen LogP contribution in [0.1, 0.15) is 151 Å². The van der Waals surface area contributed by atoms with Gasteiger partial charge in [0.2, 0.25) is 11.3 Å². The molecular formula is C63H85ClN4O6. The number of hydrogen-bond donors (Lipinski definition) is 0. The Bertz CT molecular complexity index is 2860. The van der Waals surface area contributed by atoms with E-state index < -0.39 is 5.41 Å². The van der Waals surface area contributed by atoms with Crippen molar-refractivity contribution in [2.45, 2.75) is 146 Å². The zero-order chi connectivity index (χ0) is 52.0. The van der Waals surface area contributed by atoms with Gasteiger partial charge in [0.05, 0.1) is 11.5 Å². The molecule has 2 aliphatic heterocycles. The Kier molecular flexibility index (Phi) is 14.6. The minimum Gasteiger partial charge on any atom is -1.00 e. The summed E-state index contributed by atoms with van der Waals surface area (Å²) in [5, 5.41) is 2.06. The largest absolute Gasteiger partial charge is 1.00 e. The van der Waals surface area contributed by atoms with E-state index in [1.54, 1.807) is 13.8 Å². The fraction of sp³-hybridized carbons (Fsp3) is 0.635. The molecule has 2 amide bonds. The molecule has 0 radical (unpaired) electrons. The predicted octanol–water partition coefficient (Wildman–Crippen LogP) is 8.75. The molecule has 0 spiro atoms. The summed E-state index contributed by atoms with van der Waals surface area (Å²) in [4.78, 5) is 63.1. The van der Waals surface area contributed by atoms with E-state index in [-0.39, 0.29) is 75.6 Å². The molecule has 0 bridgehead atoms. The fourth-order valence-electron chi connectivity index (χ4n) is 18.0. The third-order valence-electron chi connectivity index (χ3n) is 21.9. The smallest absolute Gasteiger partial charge is 0.302 e. The lowest BCUT2D eigenvalue weighted by Gasteiger charge is -2.72. The van der Waals surface area contributed by atoms with Gasteiger partial charge in [0, 0.05) is 97.4 Å². The summed E-state index contributed by atoms with van der Waals surface area (Å²) < 4.78 is 15.1. The molecule has 74 heavy (non-hydrogen) atoms. The monoisotopic (exact) mass is 1030 g/mol. The molecule has 2 aromatic rings. The molecule has 6 fully saturated rings. The molecule has 400 valence electrons. The van der Waals surface area contributed by atoms with Crippen molar-refractivity contribution in [3.05, 3.63) is 71.6 Å². The zero-order valence-electron chi connectivity index (χ0n) is 46.6. The first-order valence-electron chi connectivity index (χ1n) is 28.5. The summed E-state index contributed by atoms with van der Waals surface area (Å²) in [5.41, 5.74) is 4.88. The number of halogens is 1.